The van der Waals surface area contributed by atoms with Gasteiger partial charge in [0.15, 0.2) is 0 Å². The van der Waals surface area contributed by atoms with E-state index in [1.54, 1.807) is 6.33 Å². The first-order valence-corrected chi connectivity index (χ1v) is 7.62. The zero-order valence-electron chi connectivity index (χ0n) is 11.7. The number of anilines is 2. The molecule has 0 aliphatic heterocycles. The maximum Gasteiger partial charge on any atom is 0.134 e. The first kappa shape index (κ1) is 12.7. The van der Waals surface area contributed by atoms with E-state index in [2.05, 4.69) is 22.2 Å². The quantitative estimate of drug-likeness (QED) is 0.791. The monoisotopic (exact) mass is 260 g/mol. The molecule has 4 nitrogen and oxygen atoms in total. The van der Waals surface area contributed by atoms with Gasteiger partial charge in [-0.25, -0.2) is 9.97 Å². The topological polar surface area (TPSA) is 63.8 Å². The van der Waals surface area contributed by atoms with Crippen molar-refractivity contribution in [1.82, 2.24) is 9.97 Å². The third-order valence-corrected chi connectivity index (χ3v) is 4.44. The van der Waals surface area contributed by atoms with Crippen molar-refractivity contribution in [1.29, 1.82) is 0 Å². The Morgan fingerprint density at radius 1 is 1.26 bits per heavy atom. The van der Waals surface area contributed by atoms with E-state index in [0.29, 0.717) is 5.82 Å². The molecule has 0 spiro atoms. The summed E-state index contributed by atoms with van der Waals surface area (Å²) in [4.78, 5) is 8.49. The normalized spacial score (nSPS) is 18.8. The summed E-state index contributed by atoms with van der Waals surface area (Å²) in [6.07, 6.45) is 9.30. The molecule has 1 heterocycles. The van der Waals surface area contributed by atoms with Crippen molar-refractivity contribution in [3.8, 4) is 0 Å². The maximum absolute atomic E-state index is 5.97. The van der Waals surface area contributed by atoms with Crippen molar-refractivity contribution in [2.45, 2.75) is 45.4 Å². The average Bonchev–Trinajstić information content (AvgIpc) is 3.27. The third kappa shape index (κ3) is 2.99. The molecule has 0 aromatic carbocycles. The lowest BCUT2D eigenvalue weighted by Gasteiger charge is -2.18. The molecule has 0 atom stereocenters. The summed E-state index contributed by atoms with van der Waals surface area (Å²) >= 11 is 0. The molecule has 0 bridgehead atoms. The van der Waals surface area contributed by atoms with Crippen LogP contribution in [-0.4, -0.2) is 16.5 Å². The molecule has 3 rings (SSSR count). The SMILES string of the molecule is CCCc1c(N)ncnc1NCC(C1CC1)C1CC1. The van der Waals surface area contributed by atoms with Crippen LogP contribution < -0.4 is 11.1 Å². The van der Waals surface area contributed by atoms with Crippen LogP contribution in [0.1, 0.15) is 44.6 Å². The molecule has 2 aliphatic carbocycles. The van der Waals surface area contributed by atoms with Crippen molar-refractivity contribution < 1.29 is 0 Å². The molecule has 4 heteroatoms. The van der Waals surface area contributed by atoms with Crippen LogP contribution >= 0.6 is 0 Å². The van der Waals surface area contributed by atoms with Gasteiger partial charge in [-0.1, -0.05) is 13.3 Å². The summed E-state index contributed by atoms with van der Waals surface area (Å²) in [7, 11) is 0. The van der Waals surface area contributed by atoms with E-state index < -0.39 is 0 Å². The fourth-order valence-corrected chi connectivity index (χ4v) is 3.06. The molecule has 2 saturated carbocycles. The van der Waals surface area contributed by atoms with Crippen molar-refractivity contribution in [2.24, 2.45) is 17.8 Å². The Hall–Kier alpha value is -1.32. The highest BCUT2D eigenvalue weighted by Gasteiger charge is 2.41. The molecule has 2 aliphatic rings. The van der Waals surface area contributed by atoms with Crippen LogP contribution in [0.25, 0.3) is 0 Å². The summed E-state index contributed by atoms with van der Waals surface area (Å²) in [5.74, 6) is 4.38. The van der Waals surface area contributed by atoms with Crippen LogP contribution in [0.4, 0.5) is 11.6 Å². The summed E-state index contributed by atoms with van der Waals surface area (Å²) in [6.45, 7) is 3.22. The molecule has 0 unspecified atom stereocenters. The number of hydrogen-bond donors (Lipinski definition) is 2. The summed E-state index contributed by atoms with van der Waals surface area (Å²) in [6, 6.07) is 0. The smallest absolute Gasteiger partial charge is 0.134 e. The Kier molecular flexibility index (Phi) is 3.58. The van der Waals surface area contributed by atoms with Crippen molar-refractivity contribution in [3.05, 3.63) is 11.9 Å². The highest BCUT2D eigenvalue weighted by atomic mass is 15.0. The van der Waals surface area contributed by atoms with Gasteiger partial charge in [0.2, 0.25) is 0 Å². The lowest BCUT2D eigenvalue weighted by Crippen LogP contribution is -2.20. The zero-order chi connectivity index (χ0) is 13.2. The fraction of sp³-hybridized carbons (Fsp3) is 0.733. The number of nitrogens with two attached hydrogens (primary N) is 1. The molecule has 104 valence electrons. The molecule has 19 heavy (non-hydrogen) atoms. The first-order chi connectivity index (χ1) is 9.29. The van der Waals surface area contributed by atoms with Gasteiger partial charge in [-0.05, 0) is 49.9 Å². The van der Waals surface area contributed by atoms with Crippen molar-refractivity contribution in [3.63, 3.8) is 0 Å². The Labute approximate surface area is 115 Å². The van der Waals surface area contributed by atoms with Gasteiger partial charge in [-0.2, -0.15) is 0 Å². The number of hydrogen-bond acceptors (Lipinski definition) is 4. The van der Waals surface area contributed by atoms with Gasteiger partial charge in [0.05, 0.1) is 0 Å². The number of nitrogen functional groups attached to an aromatic ring is 1. The van der Waals surface area contributed by atoms with Crippen molar-refractivity contribution >= 4 is 11.6 Å². The van der Waals surface area contributed by atoms with Crippen LogP contribution in [-0.2, 0) is 6.42 Å². The van der Waals surface area contributed by atoms with E-state index in [4.69, 9.17) is 5.73 Å². The average molecular weight is 260 g/mol. The first-order valence-electron chi connectivity index (χ1n) is 7.62. The molecule has 3 N–H and O–H groups in total. The second-order valence-electron chi connectivity index (χ2n) is 6.06. The van der Waals surface area contributed by atoms with E-state index in [1.807, 2.05) is 0 Å². The van der Waals surface area contributed by atoms with Crippen LogP contribution in [0.5, 0.6) is 0 Å². The van der Waals surface area contributed by atoms with Crippen LogP contribution in [0.3, 0.4) is 0 Å². The molecule has 2 fully saturated rings. The van der Waals surface area contributed by atoms with E-state index in [1.165, 1.54) is 25.7 Å². The minimum atomic E-state index is 0.633. The van der Waals surface area contributed by atoms with Gasteiger partial charge in [0, 0.05) is 12.1 Å². The molecule has 1 aromatic rings. The molecule has 1 aromatic heterocycles. The van der Waals surface area contributed by atoms with Crippen molar-refractivity contribution in [2.75, 3.05) is 17.6 Å². The molecule has 0 radical (unpaired) electrons. The second-order valence-corrected chi connectivity index (χ2v) is 6.06. The highest BCUT2D eigenvalue weighted by molar-refractivity contribution is 5.55. The number of rotatable bonds is 7. The number of aromatic nitrogens is 2. The highest BCUT2D eigenvalue weighted by Crippen LogP contribution is 2.49. The second kappa shape index (κ2) is 5.35. The van der Waals surface area contributed by atoms with E-state index in [9.17, 15) is 0 Å². The molecular weight excluding hydrogens is 236 g/mol. The lowest BCUT2D eigenvalue weighted by molar-refractivity contribution is 0.427. The predicted molar refractivity (Wildman–Crippen MR) is 77.9 cm³/mol. The number of nitrogens with zero attached hydrogens (tertiary/aromatic N) is 2. The van der Waals surface area contributed by atoms with Crippen LogP contribution in [0.15, 0.2) is 6.33 Å². The van der Waals surface area contributed by atoms with E-state index in [-0.39, 0.29) is 0 Å². The van der Waals surface area contributed by atoms with Gasteiger partial charge in [-0.15, -0.1) is 0 Å². The summed E-state index contributed by atoms with van der Waals surface area (Å²) < 4.78 is 0. The van der Waals surface area contributed by atoms with Gasteiger partial charge in [0.1, 0.15) is 18.0 Å². The largest absolute Gasteiger partial charge is 0.383 e. The Balaban J connectivity index is 1.66. The van der Waals surface area contributed by atoms with Gasteiger partial charge in [0.25, 0.3) is 0 Å². The minimum Gasteiger partial charge on any atom is -0.383 e. The Morgan fingerprint density at radius 3 is 2.53 bits per heavy atom. The van der Waals surface area contributed by atoms with Gasteiger partial charge >= 0.3 is 0 Å². The third-order valence-electron chi connectivity index (χ3n) is 4.44. The summed E-state index contributed by atoms with van der Waals surface area (Å²) in [5, 5.41) is 3.55. The molecule has 0 amide bonds. The van der Waals surface area contributed by atoms with Gasteiger partial charge < -0.3 is 11.1 Å². The van der Waals surface area contributed by atoms with E-state index >= 15 is 0 Å². The van der Waals surface area contributed by atoms with Crippen LogP contribution in [0.2, 0.25) is 0 Å². The number of nitrogens with one attached hydrogen (secondary N) is 1. The fourth-order valence-electron chi connectivity index (χ4n) is 3.06. The molecular formula is C15H24N4. The van der Waals surface area contributed by atoms with Crippen LogP contribution in [0, 0.1) is 17.8 Å². The standard InChI is InChI=1S/C15H24N4/c1-2-3-12-14(16)18-9-19-15(12)17-8-13(10-4-5-10)11-6-7-11/h9-11,13H,2-8H2,1H3,(H3,16,17,18,19). The van der Waals surface area contributed by atoms with E-state index in [0.717, 1.165) is 48.5 Å². The lowest BCUT2D eigenvalue weighted by atomic mass is 9.98. The van der Waals surface area contributed by atoms with Gasteiger partial charge in [-0.3, -0.25) is 0 Å². The Morgan fingerprint density at radius 2 is 1.95 bits per heavy atom. The maximum atomic E-state index is 5.97. The predicted octanol–water partition coefficient (Wildman–Crippen LogP) is 2.86. The zero-order valence-corrected chi connectivity index (χ0v) is 11.7. The Bertz CT molecular complexity index is 426. The minimum absolute atomic E-state index is 0.633. The summed E-state index contributed by atoms with van der Waals surface area (Å²) in [5.41, 5.74) is 7.06. The molecule has 0 saturated heterocycles.